The molecule has 0 bridgehead atoms. The van der Waals surface area contributed by atoms with Gasteiger partial charge in [0, 0.05) is 12.1 Å². The first-order valence-electron chi connectivity index (χ1n) is 13.8. The van der Waals surface area contributed by atoms with Gasteiger partial charge in [-0.3, -0.25) is 0 Å². The molecule has 0 aromatic heterocycles. The number of benzene rings is 3. The van der Waals surface area contributed by atoms with Gasteiger partial charge in [0.05, 0.1) is 36.1 Å². The fourth-order valence-corrected chi connectivity index (χ4v) is 6.82. The molecule has 0 spiro atoms. The molecule has 1 saturated carbocycles. The van der Waals surface area contributed by atoms with Crippen molar-refractivity contribution >= 4 is 9.84 Å². The van der Waals surface area contributed by atoms with Crippen molar-refractivity contribution < 1.29 is 33.2 Å². The number of phenols is 1. The molecular formula is C31H39NO7S. The average molecular weight is 570 g/mol. The van der Waals surface area contributed by atoms with E-state index in [0.717, 1.165) is 49.0 Å². The van der Waals surface area contributed by atoms with Crippen molar-refractivity contribution in [1.82, 2.24) is 5.32 Å². The third-order valence-corrected chi connectivity index (χ3v) is 9.50. The summed E-state index contributed by atoms with van der Waals surface area (Å²) >= 11 is 0. The third kappa shape index (κ3) is 8.28. The predicted molar refractivity (Wildman–Crippen MR) is 153 cm³/mol. The minimum absolute atomic E-state index is 0.0149. The van der Waals surface area contributed by atoms with Crippen LogP contribution in [-0.4, -0.2) is 55.3 Å². The van der Waals surface area contributed by atoms with Crippen LogP contribution < -0.4 is 10.1 Å². The van der Waals surface area contributed by atoms with Crippen molar-refractivity contribution in [2.75, 3.05) is 26.3 Å². The van der Waals surface area contributed by atoms with Gasteiger partial charge in [0.15, 0.2) is 9.84 Å². The lowest BCUT2D eigenvalue weighted by Crippen LogP contribution is -2.23. The number of aliphatic hydroxyl groups is 2. The van der Waals surface area contributed by atoms with Crippen molar-refractivity contribution in [3.8, 4) is 11.5 Å². The van der Waals surface area contributed by atoms with Gasteiger partial charge in [-0.15, -0.1) is 0 Å². The Hall–Kier alpha value is -2.95. The summed E-state index contributed by atoms with van der Waals surface area (Å²) in [5.41, 5.74) is 3.00. The largest absolute Gasteiger partial charge is 0.508 e. The molecule has 9 heteroatoms. The molecular weight excluding hydrogens is 530 g/mol. The maximum atomic E-state index is 12.8. The topological polar surface area (TPSA) is 125 Å². The molecule has 1 aliphatic rings. The van der Waals surface area contributed by atoms with E-state index in [-0.39, 0.29) is 17.6 Å². The Bertz CT molecular complexity index is 1320. The van der Waals surface area contributed by atoms with E-state index in [2.05, 4.69) is 5.32 Å². The van der Waals surface area contributed by atoms with Gasteiger partial charge in [-0.2, -0.15) is 0 Å². The van der Waals surface area contributed by atoms with E-state index in [0.29, 0.717) is 48.9 Å². The second-order valence-corrected chi connectivity index (χ2v) is 12.4. The minimum atomic E-state index is -3.27. The summed E-state index contributed by atoms with van der Waals surface area (Å²) < 4.78 is 37.2. The van der Waals surface area contributed by atoms with Gasteiger partial charge in [-0.25, -0.2) is 8.42 Å². The van der Waals surface area contributed by atoms with Crippen LogP contribution in [-0.2, 0) is 34.2 Å². The van der Waals surface area contributed by atoms with Crippen LogP contribution in [0.3, 0.4) is 0 Å². The van der Waals surface area contributed by atoms with Crippen LogP contribution in [0.2, 0.25) is 0 Å². The summed E-state index contributed by atoms with van der Waals surface area (Å²) in [5, 5.41) is 32.3. The summed E-state index contributed by atoms with van der Waals surface area (Å²) in [6, 6.07) is 19.6. The quantitative estimate of drug-likeness (QED) is 0.202. The number of hydrogen-bond acceptors (Lipinski definition) is 8. The Morgan fingerprint density at radius 3 is 2.48 bits per heavy atom. The molecule has 1 atom stereocenters. The van der Waals surface area contributed by atoms with E-state index in [9.17, 15) is 23.7 Å². The Kier molecular flexibility index (Phi) is 11.0. The molecule has 216 valence electrons. The normalized spacial score (nSPS) is 14.8. The Labute approximate surface area is 236 Å². The fourth-order valence-electron chi connectivity index (χ4n) is 4.89. The van der Waals surface area contributed by atoms with E-state index in [1.165, 1.54) is 6.07 Å². The van der Waals surface area contributed by atoms with Crippen molar-refractivity contribution in [3.63, 3.8) is 0 Å². The highest BCUT2D eigenvalue weighted by molar-refractivity contribution is 7.92. The van der Waals surface area contributed by atoms with Crippen LogP contribution in [0.5, 0.6) is 11.5 Å². The number of hydrogen-bond donors (Lipinski definition) is 4. The van der Waals surface area contributed by atoms with Crippen LogP contribution in [0.1, 0.15) is 54.0 Å². The molecule has 0 amide bonds. The van der Waals surface area contributed by atoms with Gasteiger partial charge in [0.1, 0.15) is 18.1 Å². The molecule has 40 heavy (non-hydrogen) atoms. The molecule has 0 aliphatic heterocycles. The Morgan fingerprint density at radius 1 is 0.950 bits per heavy atom. The highest BCUT2D eigenvalue weighted by Gasteiger charge is 2.30. The third-order valence-electron chi connectivity index (χ3n) is 7.24. The molecule has 0 heterocycles. The number of sulfone groups is 1. The molecule has 0 saturated heterocycles. The summed E-state index contributed by atoms with van der Waals surface area (Å²) in [6.07, 6.45) is 3.50. The fraction of sp³-hybridized carbons (Fsp3) is 0.419. The number of aromatic hydroxyl groups is 1. The van der Waals surface area contributed by atoms with Gasteiger partial charge in [0.25, 0.3) is 0 Å². The van der Waals surface area contributed by atoms with Crippen molar-refractivity contribution in [1.29, 1.82) is 0 Å². The van der Waals surface area contributed by atoms with E-state index in [4.69, 9.17) is 9.47 Å². The Balaban J connectivity index is 1.12. The lowest BCUT2D eigenvalue weighted by Gasteiger charge is -2.14. The molecule has 1 aliphatic carbocycles. The first-order valence-corrected chi connectivity index (χ1v) is 15.3. The summed E-state index contributed by atoms with van der Waals surface area (Å²) in [7, 11) is -3.27. The average Bonchev–Trinajstić information content (AvgIpc) is 3.52. The van der Waals surface area contributed by atoms with Crippen LogP contribution in [0.25, 0.3) is 0 Å². The first-order chi connectivity index (χ1) is 19.4. The zero-order valence-corrected chi connectivity index (χ0v) is 23.5. The van der Waals surface area contributed by atoms with Gasteiger partial charge < -0.3 is 30.1 Å². The van der Waals surface area contributed by atoms with E-state index < -0.39 is 15.9 Å². The van der Waals surface area contributed by atoms with Gasteiger partial charge >= 0.3 is 0 Å². The summed E-state index contributed by atoms with van der Waals surface area (Å²) in [4.78, 5) is 0.386. The highest BCUT2D eigenvalue weighted by atomic mass is 32.2. The standard InChI is InChI=1S/C31H39NO7S/c33-21-26-19-25(10-13-30(26)34)31(35)20-32-15-14-23-8-11-27(12-9-23)39-17-16-38-22-24-4-3-7-29(18-24)40(36,37)28-5-1-2-6-28/h3-4,7-13,18-19,28,31-35H,1-2,5-6,14-17,20-22H2. The first kappa shape index (κ1) is 30.0. The molecule has 1 unspecified atom stereocenters. The van der Waals surface area contributed by atoms with E-state index in [1.54, 1.807) is 30.3 Å². The molecule has 4 rings (SSSR count). The number of ether oxygens (including phenoxy) is 2. The zero-order chi connectivity index (χ0) is 28.4. The minimum Gasteiger partial charge on any atom is -0.508 e. The number of aliphatic hydroxyl groups excluding tert-OH is 2. The van der Waals surface area contributed by atoms with E-state index >= 15 is 0 Å². The molecule has 8 nitrogen and oxygen atoms in total. The van der Waals surface area contributed by atoms with E-state index in [1.807, 2.05) is 30.3 Å². The lowest BCUT2D eigenvalue weighted by atomic mass is 10.1. The zero-order valence-electron chi connectivity index (χ0n) is 22.7. The maximum absolute atomic E-state index is 12.8. The molecule has 3 aromatic rings. The van der Waals surface area contributed by atoms with Crippen LogP contribution >= 0.6 is 0 Å². The van der Waals surface area contributed by atoms with Crippen LogP contribution in [0, 0.1) is 0 Å². The predicted octanol–water partition coefficient (Wildman–Crippen LogP) is 4.06. The number of rotatable bonds is 15. The van der Waals surface area contributed by atoms with Gasteiger partial charge in [-0.05, 0) is 78.9 Å². The summed E-state index contributed by atoms with van der Waals surface area (Å²) in [5.74, 6) is 0.758. The second-order valence-electron chi connectivity index (χ2n) is 10.2. The molecule has 0 radical (unpaired) electrons. The van der Waals surface area contributed by atoms with Crippen molar-refractivity contribution in [2.45, 2.75) is 61.6 Å². The smallest absolute Gasteiger partial charge is 0.181 e. The van der Waals surface area contributed by atoms with Gasteiger partial charge in [0.2, 0.25) is 0 Å². The lowest BCUT2D eigenvalue weighted by molar-refractivity contribution is 0.0888. The van der Waals surface area contributed by atoms with Gasteiger partial charge in [-0.1, -0.05) is 43.2 Å². The van der Waals surface area contributed by atoms with Crippen LogP contribution in [0.15, 0.2) is 71.6 Å². The number of nitrogens with one attached hydrogen (secondary N) is 1. The van der Waals surface area contributed by atoms with Crippen LogP contribution in [0.4, 0.5) is 0 Å². The SMILES string of the molecule is O=S(=O)(c1cccc(COCCOc2ccc(CCNCC(O)c3ccc(O)c(CO)c3)cc2)c1)C1CCCC1. The van der Waals surface area contributed by atoms with Crippen molar-refractivity contribution in [2.24, 2.45) is 0 Å². The maximum Gasteiger partial charge on any atom is 0.181 e. The van der Waals surface area contributed by atoms with Crippen molar-refractivity contribution in [3.05, 3.63) is 89.0 Å². The molecule has 4 N–H and O–H groups in total. The Morgan fingerprint density at radius 2 is 1.73 bits per heavy atom. The molecule has 1 fully saturated rings. The highest BCUT2D eigenvalue weighted by Crippen LogP contribution is 2.30. The molecule has 3 aromatic carbocycles. The summed E-state index contributed by atoms with van der Waals surface area (Å²) in [6.45, 7) is 1.85. The second kappa shape index (κ2) is 14.6. The monoisotopic (exact) mass is 569 g/mol.